The maximum absolute atomic E-state index is 12.4. The number of unbranched alkanes of at least 4 members (excludes halogenated alkanes) is 24. The molecule has 1 amide bonds. The van der Waals surface area contributed by atoms with Gasteiger partial charge in [0.25, 0.3) is 0 Å². The van der Waals surface area contributed by atoms with Crippen LogP contribution in [0.25, 0.3) is 0 Å². The van der Waals surface area contributed by atoms with Crippen LogP contribution in [0.1, 0.15) is 219 Å². The highest BCUT2D eigenvalue weighted by molar-refractivity contribution is 5.76. The van der Waals surface area contributed by atoms with Gasteiger partial charge in [0.2, 0.25) is 5.91 Å². The second-order valence-corrected chi connectivity index (χ2v) is 14.7. The summed E-state index contributed by atoms with van der Waals surface area (Å²) in [5, 5.41) is 23.1. The smallest absolute Gasteiger partial charge is 0.220 e. The number of amides is 1. The van der Waals surface area contributed by atoms with Gasteiger partial charge in [-0.25, -0.2) is 0 Å². The van der Waals surface area contributed by atoms with Gasteiger partial charge >= 0.3 is 0 Å². The van der Waals surface area contributed by atoms with E-state index in [2.05, 4.69) is 67.8 Å². The number of hydrogen-bond donors (Lipinski definition) is 3. The summed E-state index contributed by atoms with van der Waals surface area (Å²) < 4.78 is 0. The van der Waals surface area contributed by atoms with E-state index in [-0.39, 0.29) is 12.5 Å². The van der Waals surface area contributed by atoms with Gasteiger partial charge in [0.05, 0.1) is 18.8 Å². The molecule has 4 heteroatoms. The third-order valence-electron chi connectivity index (χ3n) is 9.85. The number of aliphatic hydroxyl groups excluding tert-OH is 2. The Kier molecular flexibility index (Phi) is 40.4. The number of allylic oxidation sites excluding steroid dienone is 8. The van der Waals surface area contributed by atoms with E-state index in [0.29, 0.717) is 12.8 Å². The molecular formula is C46H85NO3. The Morgan fingerprint density at radius 1 is 0.500 bits per heavy atom. The van der Waals surface area contributed by atoms with Crippen LogP contribution in [0, 0.1) is 0 Å². The SMILES string of the molecule is CC/C=C\C/C=C\C/C=C\C/C=C\CCCCC(=O)NC(CO)C(O)CCCCCCCCCCCCCCCCCCCCCCCCC. The molecule has 0 saturated carbocycles. The van der Waals surface area contributed by atoms with E-state index in [0.717, 1.165) is 57.8 Å². The van der Waals surface area contributed by atoms with Gasteiger partial charge in [0.15, 0.2) is 0 Å². The van der Waals surface area contributed by atoms with Gasteiger partial charge < -0.3 is 15.5 Å². The van der Waals surface area contributed by atoms with Gasteiger partial charge in [-0.05, 0) is 51.4 Å². The number of hydrogen-bond acceptors (Lipinski definition) is 3. The molecule has 0 aromatic carbocycles. The van der Waals surface area contributed by atoms with Crippen LogP contribution in [0.2, 0.25) is 0 Å². The molecule has 0 fully saturated rings. The fourth-order valence-electron chi connectivity index (χ4n) is 6.53. The average molecular weight is 700 g/mol. The first-order chi connectivity index (χ1) is 24.7. The second kappa shape index (κ2) is 41.8. The van der Waals surface area contributed by atoms with E-state index in [1.54, 1.807) is 0 Å². The lowest BCUT2D eigenvalue weighted by Crippen LogP contribution is -2.45. The van der Waals surface area contributed by atoms with Crippen molar-refractivity contribution in [1.82, 2.24) is 5.32 Å². The standard InChI is InChI=1S/C46H85NO3/c1-3-5-7-9-11-13-15-17-19-20-21-22-23-24-25-26-28-29-31-33-35-37-39-41-45(49)44(43-48)47-46(50)42-40-38-36-34-32-30-27-18-16-14-12-10-8-6-4-2/h6,8,12,14,18,27,32,34,44-45,48-49H,3-5,7,9-11,13,15-17,19-26,28-31,33,35-43H2,1-2H3,(H,47,50)/b8-6-,14-12-,27-18-,34-32-. The Hall–Kier alpha value is -1.65. The number of carbonyl (C=O) groups excluding carboxylic acids is 1. The van der Waals surface area contributed by atoms with Crippen molar-refractivity contribution >= 4 is 5.91 Å². The van der Waals surface area contributed by atoms with E-state index >= 15 is 0 Å². The first-order valence-electron chi connectivity index (χ1n) is 21.8. The van der Waals surface area contributed by atoms with E-state index in [1.807, 2.05) is 0 Å². The van der Waals surface area contributed by atoms with Gasteiger partial charge in [-0.3, -0.25) is 4.79 Å². The van der Waals surface area contributed by atoms with Crippen LogP contribution in [0.3, 0.4) is 0 Å². The van der Waals surface area contributed by atoms with Crippen molar-refractivity contribution in [3.8, 4) is 0 Å². The van der Waals surface area contributed by atoms with Crippen LogP contribution >= 0.6 is 0 Å². The lowest BCUT2D eigenvalue weighted by Gasteiger charge is -2.22. The summed E-state index contributed by atoms with van der Waals surface area (Å²) in [7, 11) is 0. The molecule has 4 nitrogen and oxygen atoms in total. The molecular weight excluding hydrogens is 615 g/mol. The van der Waals surface area contributed by atoms with Crippen molar-refractivity contribution in [2.24, 2.45) is 0 Å². The van der Waals surface area contributed by atoms with Crippen LogP contribution in [-0.2, 0) is 4.79 Å². The number of carbonyl (C=O) groups is 1. The zero-order valence-electron chi connectivity index (χ0n) is 33.4. The highest BCUT2D eigenvalue weighted by atomic mass is 16.3. The molecule has 50 heavy (non-hydrogen) atoms. The predicted molar refractivity (Wildman–Crippen MR) is 221 cm³/mol. The zero-order valence-corrected chi connectivity index (χ0v) is 33.4. The van der Waals surface area contributed by atoms with Crippen molar-refractivity contribution in [1.29, 1.82) is 0 Å². The molecule has 0 aliphatic carbocycles. The van der Waals surface area contributed by atoms with Crippen LogP contribution in [0.15, 0.2) is 48.6 Å². The number of nitrogens with one attached hydrogen (secondary N) is 1. The first kappa shape index (κ1) is 48.3. The summed E-state index contributed by atoms with van der Waals surface area (Å²) in [6.07, 6.45) is 56.2. The monoisotopic (exact) mass is 700 g/mol. The van der Waals surface area contributed by atoms with Crippen molar-refractivity contribution in [3.63, 3.8) is 0 Å². The summed E-state index contributed by atoms with van der Waals surface area (Å²) >= 11 is 0. The maximum atomic E-state index is 12.4. The van der Waals surface area contributed by atoms with Gasteiger partial charge in [-0.15, -0.1) is 0 Å². The molecule has 292 valence electrons. The molecule has 0 saturated heterocycles. The van der Waals surface area contributed by atoms with E-state index < -0.39 is 12.1 Å². The summed E-state index contributed by atoms with van der Waals surface area (Å²) in [5.74, 6) is -0.0717. The molecule has 2 unspecified atom stereocenters. The number of rotatable bonds is 39. The fourth-order valence-corrected chi connectivity index (χ4v) is 6.53. The molecule has 3 N–H and O–H groups in total. The quantitative estimate of drug-likeness (QED) is 0.0442. The van der Waals surface area contributed by atoms with Crippen molar-refractivity contribution in [3.05, 3.63) is 48.6 Å². The van der Waals surface area contributed by atoms with Gasteiger partial charge in [-0.1, -0.05) is 210 Å². The summed E-state index contributed by atoms with van der Waals surface area (Å²) in [6.45, 7) is 4.23. The summed E-state index contributed by atoms with van der Waals surface area (Å²) in [4.78, 5) is 12.4. The molecule has 0 spiro atoms. The molecule has 2 atom stereocenters. The Morgan fingerprint density at radius 2 is 0.880 bits per heavy atom. The topological polar surface area (TPSA) is 69.6 Å². The highest BCUT2D eigenvalue weighted by Gasteiger charge is 2.19. The third kappa shape index (κ3) is 37.6. The second-order valence-electron chi connectivity index (χ2n) is 14.7. The van der Waals surface area contributed by atoms with Crippen molar-refractivity contribution < 1.29 is 15.0 Å². The van der Waals surface area contributed by atoms with E-state index in [4.69, 9.17) is 0 Å². The van der Waals surface area contributed by atoms with Crippen LogP contribution in [0.4, 0.5) is 0 Å². The van der Waals surface area contributed by atoms with Crippen LogP contribution in [-0.4, -0.2) is 34.9 Å². The Bertz CT molecular complexity index is 801. The fraction of sp³-hybridized carbons (Fsp3) is 0.804. The minimum atomic E-state index is -0.678. The van der Waals surface area contributed by atoms with Crippen molar-refractivity contribution in [2.45, 2.75) is 231 Å². The van der Waals surface area contributed by atoms with Gasteiger partial charge in [0.1, 0.15) is 0 Å². The lowest BCUT2D eigenvalue weighted by molar-refractivity contribution is -0.123. The minimum Gasteiger partial charge on any atom is -0.394 e. The highest BCUT2D eigenvalue weighted by Crippen LogP contribution is 2.16. The Morgan fingerprint density at radius 3 is 1.28 bits per heavy atom. The normalized spacial score (nSPS) is 13.4. The largest absolute Gasteiger partial charge is 0.394 e. The molecule has 0 bridgehead atoms. The van der Waals surface area contributed by atoms with Gasteiger partial charge in [0, 0.05) is 6.42 Å². The summed E-state index contributed by atoms with van der Waals surface area (Å²) in [6, 6.07) is -0.559. The van der Waals surface area contributed by atoms with Gasteiger partial charge in [-0.2, -0.15) is 0 Å². The average Bonchev–Trinajstić information content (AvgIpc) is 3.12. The first-order valence-corrected chi connectivity index (χ1v) is 21.8. The Labute approximate surface area is 312 Å². The summed E-state index contributed by atoms with van der Waals surface area (Å²) in [5.41, 5.74) is 0. The van der Waals surface area contributed by atoms with Crippen LogP contribution < -0.4 is 5.32 Å². The molecule has 0 aliphatic heterocycles. The third-order valence-corrected chi connectivity index (χ3v) is 9.85. The molecule has 0 aromatic rings. The molecule has 0 rings (SSSR count). The maximum Gasteiger partial charge on any atom is 0.220 e. The molecule has 0 aliphatic rings. The molecule has 0 aromatic heterocycles. The predicted octanol–water partition coefficient (Wildman–Crippen LogP) is 13.6. The van der Waals surface area contributed by atoms with E-state index in [1.165, 1.54) is 135 Å². The zero-order chi connectivity index (χ0) is 36.4. The van der Waals surface area contributed by atoms with Crippen LogP contribution in [0.5, 0.6) is 0 Å². The molecule has 0 heterocycles. The van der Waals surface area contributed by atoms with E-state index in [9.17, 15) is 15.0 Å². The molecule has 0 radical (unpaired) electrons. The van der Waals surface area contributed by atoms with Crippen molar-refractivity contribution in [2.75, 3.05) is 6.61 Å². The Balaban J connectivity index is 3.54. The number of aliphatic hydroxyl groups is 2. The minimum absolute atomic E-state index is 0.0717. The lowest BCUT2D eigenvalue weighted by atomic mass is 10.0.